The van der Waals surface area contributed by atoms with E-state index in [-0.39, 0.29) is 16.2 Å². The van der Waals surface area contributed by atoms with Crippen LogP contribution in [0.4, 0.5) is 18.9 Å². The van der Waals surface area contributed by atoms with Crippen molar-refractivity contribution in [2.24, 2.45) is 0 Å². The molecule has 0 saturated carbocycles. The number of rotatable bonds is 5. The summed E-state index contributed by atoms with van der Waals surface area (Å²) in [7, 11) is -2.59. The maximum absolute atomic E-state index is 13.1. The monoisotopic (exact) mass is 428 g/mol. The van der Waals surface area contributed by atoms with Gasteiger partial charge in [-0.15, -0.1) is 0 Å². The average Bonchev–Trinajstić information content (AvgIpc) is 3.22. The zero-order valence-corrected chi connectivity index (χ0v) is 16.3. The van der Waals surface area contributed by atoms with E-state index in [4.69, 9.17) is 4.74 Å². The Morgan fingerprint density at radius 2 is 1.76 bits per heavy atom. The number of nitrogens with zero attached hydrogens (tertiary/aromatic N) is 1. The van der Waals surface area contributed by atoms with Gasteiger partial charge in [-0.05, 0) is 43.2 Å². The lowest BCUT2D eigenvalue weighted by Gasteiger charge is -2.18. The second-order valence-electron chi connectivity index (χ2n) is 6.47. The maximum atomic E-state index is 13.1. The highest BCUT2D eigenvalue weighted by Crippen LogP contribution is 2.35. The largest absolute Gasteiger partial charge is 0.495 e. The van der Waals surface area contributed by atoms with Crippen LogP contribution in [0.15, 0.2) is 47.4 Å². The van der Waals surface area contributed by atoms with Crippen LogP contribution in [-0.4, -0.2) is 38.8 Å². The molecule has 156 valence electrons. The highest BCUT2D eigenvalue weighted by Gasteiger charge is 2.34. The molecule has 0 radical (unpaired) electrons. The Kier molecular flexibility index (Phi) is 5.85. The SMILES string of the molecule is COc1ccc(C(=O)Nc2ccccc2C(F)(F)F)cc1S(=O)(=O)N1CCCC1. The van der Waals surface area contributed by atoms with Gasteiger partial charge in [0.2, 0.25) is 10.0 Å². The minimum absolute atomic E-state index is 0.0594. The number of anilines is 1. The Morgan fingerprint density at radius 3 is 2.38 bits per heavy atom. The fourth-order valence-electron chi connectivity index (χ4n) is 3.12. The lowest BCUT2D eigenvalue weighted by atomic mass is 10.1. The van der Waals surface area contributed by atoms with Crippen LogP contribution in [-0.2, 0) is 16.2 Å². The van der Waals surface area contributed by atoms with Crippen molar-refractivity contribution in [1.82, 2.24) is 4.31 Å². The van der Waals surface area contributed by atoms with E-state index in [1.807, 2.05) is 0 Å². The molecule has 1 aliphatic rings. The van der Waals surface area contributed by atoms with Crippen molar-refractivity contribution in [2.45, 2.75) is 23.9 Å². The van der Waals surface area contributed by atoms with E-state index in [9.17, 15) is 26.4 Å². The molecule has 0 aromatic heterocycles. The molecule has 0 spiro atoms. The number of hydrogen-bond acceptors (Lipinski definition) is 4. The number of alkyl halides is 3. The summed E-state index contributed by atoms with van der Waals surface area (Å²) in [6.07, 6.45) is -3.18. The van der Waals surface area contributed by atoms with Crippen LogP contribution < -0.4 is 10.1 Å². The highest BCUT2D eigenvalue weighted by molar-refractivity contribution is 7.89. The summed E-state index contributed by atoms with van der Waals surface area (Å²) in [5.41, 5.74) is -1.50. The Hall–Kier alpha value is -2.59. The Balaban J connectivity index is 1.95. The molecule has 2 aromatic rings. The molecule has 1 N–H and O–H groups in total. The van der Waals surface area contributed by atoms with Crippen molar-refractivity contribution in [3.05, 3.63) is 53.6 Å². The third kappa shape index (κ3) is 4.38. The number of nitrogens with one attached hydrogen (secondary N) is 1. The number of benzene rings is 2. The molecule has 1 amide bonds. The standard InChI is InChI=1S/C19H19F3N2O4S/c1-28-16-9-8-13(12-17(16)29(26,27)24-10-4-5-11-24)18(25)23-15-7-3-2-6-14(15)19(20,21)22/h2-3,6-9,12H,4-5,10-11H2,1H3,(H,23,25). The first-order chi connectivity index (χ1) is 13.6. The topological polar surface area (TPSA) is 75.7 Å². The number of carbonyl (C=O) groups excluding carboxylic acids is 1. The molecule has 1 saturated heterocycles. The summed E-state index contributed by atoms with van der Waals surface area (Å²) in [5, 5.41) is 2.21. The third-order valence-electron chi connectivity index (χ3n) is 4.59. The molecule has 10 heteroatoms. The van der Waals surface area contributed by atoms with Crippen LogP contribution in [0.1, 0.15) is 28.8 Å². The Labute approximate surface area is 166 Å². The fraction of sp³-hybridized carbons (Fsp3) is 0.316. The summed E-state index contributed by atoms with van der Waals surface area (Å²) in [5.74, 6) is -0.800. The van der Waals surface area contributed by atoms with Crippen molar-refractivity contribution in [3.63, 3.8) is 0 Å². The summed E-state index contributed by atoms with van der Waals surface area (Å²) >= 11 is 0. The molecule has 0 unspecified atom stereocenters. The fourth-order valence-corrected chi connectivity index (χ4v) is 4.82. The molecule has 0 aliphatic carbocycles. The van der Waals surface area contributed by atoms with Crippen LogP contribution in [0.25, 0.3) is 0 Å². The molecular formula is C19H19F3N2O4S. The van der Waals surface area contributed by atoms with Gasteiger partial charge in [-0.3, -0.25) is 4.79 Å². The number of halogens is 3. The van der Waals surface area contributed by atoms with Crippen LogP contribution >= 0.6 is 0 Å². The molecule has 3 rings (SSSR count). The van der Waals surface area contributed by atoms with Gasteiger partial charge in [-0.1, -0.05) is 12.1 Å². The molecule has 2 aromatic carbocycles. The van der Waals surface area contributed by atoms with Crippen molar-refractivity contribution < 1.29 is 31.1 Å². The summed E-state index contributed by atoms with van der Waals surface area (Å²) < 4.78 is 71.6. The highest BCUT2D eigenvalue weighted by atomic mass is 32.2. The van der Waals surface area contributed by atoms with E-state index < -0.39 is 33.4 Å². The minimum Gasteiger partial charge on any atom is -0.495 e. The normalized spacial score (nSPS) is 15.3. The van der Waals surface area contributed by atoms with Crippen molar-refractivity contribution >= 4 is 21.6 Å². The van der Waals surface area contributed by atoms with Crippen LogP contribution in [0.3, 0.4) is 0 Å². The number of ether oxygens (including phenoxy) is 1. The van der Waals surface area contributed by atoms with Crippen molar-refractivity contribution in [3.8, 4) is 5.75 Å². The van der Waals surface area contributed by atoms with Crippen LogP contribution in [0, 0.1) is 0 Å². The first-order valence-electron chi connectivity index (χ1n) is 8.80. The van der Waals surface area contributed by atoms with Gasteiger partial charge in [0, 0.05) is 18.7 Å². The average molecular weight is 428 g/mol. The molecule has 6 nitrogen and oxygen atoms in total. The summed E-state index contributed by atoms with van der Waals surface area (Å²) in [6, 6.07) is 8.30. The molecule has 0 bridgehead atoms. The molecule has 0 atom stereocenters. The minimum atomic E-state index is -4.64. The van der Waals surface area contributed by atoms with Crippen LogP contribution in [0.5, 0.6) is 5.75 Å². The Bertz CT molecular complexity index is 1020. The van der Waals surface area contributed by atoms with E-state index in [1.54, 1.807) is 0 Å². The molecule has 29 heavy (non-hydrogen) atoms. The number of amides is 1. The van der Waals surface area contributed by atoms with E-state index in [1.165, 1.54) is 35.7 Å². The van der Waals surface area contributed by atoms with Gasteiger partial charge < -0.3 is 10.1 Å². The van der Waals surface area contributed by atoms with E-state index in [0.717, 1.165) is 31.0 Å². The predicted octanol–water partition coefficient (Wildman–Crippen LogP) is 3.75. The van der Waals surface area contributed by atoms with E-state index in [2.05, 4.69) is 5.32 Å². The molecule has 1 heterocycles. The number of para-hydroxylation sites is 1. The van der Waals surface area contributed by atoms with Gasteiger partial charge in [-0.25, -0.2) is 8.42 Å². The second-order valence-corrected chi connectivity index (χ2v) is 8.38. The number of methoxy groups -OCH3 is 1. The number of sulfonamides is 1. The van der Waals surface area contributed by atoms with Gasteiger partial charge in [-0.2, -0.15) is 17.5 Å². The number of hydrogen-bond donors (Lipinski definition) is 1. The van der Waals surface area contributed by atoms with Gasteiger partial charge in [0.05, 0.1) is 18.4 Å². The first kappa shape index (κ1) is 21.1. The Morgan fingerprint density at radius 1 is 1.10 bits per heavy atom. The zero-order valence-electron chi connectivity index (χ0n) is 15.5. The number of carbonyl (C=O) groups is 1. The first-order valence-corrected chi connectivity index (χ1v) is 10.2. The molecular weight excluding hydrogens is 409 g/mol. The second kappa shape index (κ2) is 8.03. The zero-order chi connectivity index (χ0) is 21.2. The van der Waals surface area contributed by atoms with Crippen LogP contribution in [0.2, 0.25) is 0 Å². The summed E-state index contributed by atoms with van der Waals surface area (Å²) in [6.45, 7) is 0.724. The maximum Gasteiger partial charge on any atom is 0.418 e. The van der Waals surface area contributed by atoms with Gasteiger partial charge in [0.25, 0.3) is 5.91 Å². The third-order valence-corrected chi connectivity index (χ3v) is 6.51. The smallest absolute Gasteiger partial charge is 0.418 e. The summed E-state index contributed by atoms with van der Waals surface area (Å²) in [4.78, 5) is 12.4. The quantitative estimate of drug-likeness (QED) is 0.787. The lowest BCUT2D eigenvalue weighted by Crippen LogP contribution is -2.28. The molecule has 1 fully saturated rings. The molecule has 1 aliphatic heterocycles. The van der Waals surface area contributed by atoms with E-state index >= 15 is 0 Å². The van der Waals surface area contributed by atoms with E-state index in [0.29, 0.717) is 13.1 Å². The van der Waals surface area contributed by atoms with Gasteiger partial charge in [0.15, 0.2) is 0 Å². The predicted molar refractivity (Wildman–Crippen MR) is 100 cm³/mol. The van der Waals surface area contributed by atoms with Crippen molar-refractivity contribution in [2.75, 3.05) is 25.5 Å². The van der Waals surface area contributed by atoms with Gasteiger partial charge in [0.1, 0.15) is 10.6 Å². The van der Waals surface area contributed by atoms with Crippen molar-refractivity contribution in [1.29, 1.82) is 0 Å². The van der Waals surface area contributed by atoms with Gasteiger partial charge >= 0.3 is 6.18 Å². The lowest BCUT2D eigenvalue weighted by molar-refractivity contribution is -0.136.